The van der Waals surface area contributed by atoms with E-state index in [0.29, 0.717) is 23.7 Å². The maximum absolute atomic E-state index is 12.8. The zero-order chi connectivity index (χ0) is 21.6. The molecule has 0 spiro atoms. The molecule has 0 aliphatic carbocycles. The summed E-state index contributed by atoms with van der Waals surface area (Å²) in [5.41, 5.74) is 2.13. The van der Waals surface area contributed by atoms with E-state index in [-0.39, 0.29) is 18.4 Å². The van der Waals surface area contributed by atoms with Gasteiger partial charge in [0.25, 0.3) is 11.8 Å². The minimum atomic E-state index is -0.245. The lowest BCUT2D eigenvalue weighted by Crippen LogP contribution is -2.38. The number of fused-ring (bicyclic) bond motifs is 1. The van der Waals surface area contributed by atoms with E-state index in [1.165, 1.54) is 6.42 Å². The van der Waals surface area contributed by atoms with Gasteiger partial charge in [-0.3, -0.25) is 9.59 Å². The predicted octanol–water partition coefficient (Wildman–Crippen LogP) is 4.21. The number of rotatable bonds is 7. The van der Waals surface area contributed by atoms with Crippen LogP contribution in [0.5, 0.6) is 11.5 Å². The van der Waals surface area contributed by atoms with Gasteiger partial charge in [0.05, 0.1) is 12.3 Å². The van der Waals surface area contributed by atoms with E-state index in [1.54, 1.807) is 18.2 Å². The number of ether oxygens (including phenoxy) is 2. The Kier molecular flexibility index (Phi) is 6.40. The smallest absolute Gasteiger partial charge is 0.260 e. The average Bonchev–Trinajstić information content (AvgIpc) is 3.29. The van der Waals surface area contributed by atoms with E-state index in [4.69, 9.17) is 9.47 Å². The molecular weight excluding hydrogens is 394 g/mol. The number of carbonyl (C=O) groups is 2. The molecule has 2 aromatic carbocycles. The number of nitrogens with zero attached hydrogens (tertiary/aromatic N) is 1. The van der Waals surface area contributed by atoms with Gasteiger partial charge in [0.15, 0.2) is 18.1 Å². The number of aromatic nitrogens is 1. The number of anilines is 1. The Morgan fingerprint density at radius 2 is 1.87 bits per heavy atom. The number of benzene rings is 2. The molecule has 1 aliphatic heterocycles. The third-order valence-electron chi connectivity index (χ3n) is 5.41. The van der Waals surface area contributed by atoms with Gasteiger partial charge in [-0.2, -0.15) is 0 Å². The highest BCUT2D eigenvalue weighted by atomic mass is 16.5. The van der Waals surface area contributed by atoms with Crippen LogP contribution in [0.15, 0.2) is 48.7 Å². The lowest BCUT2D eigenvalue weighted by molar-refractivity contribution is -0.134. The molecule has 0 bridgehead atoms. The van der Waals surface area contributed by atoms with Gasteiger partial charge in [-0.25, -0.2) is 0 Å². The van der Waals surface area contributed by atoms with Gasteiger partial charge in [-0.05, 0) is 62.6 Å². The van der Waals surface area contributed by atoms with Gasteiger partial charge in [0.1, 0.15) is 0 Å². The normalized spacial score (nSPS) is 13.8. The highest BCUT2D eigenvalue weighted by Gasteiger charge is 2.18. The van der Waals surface area contributed by atoms with Crippen LogP contribution in [0.4, 0.5) is 5.69 Å². The quantitative estimate of drug-likeness (QED) is 0.599. The molecule has 7 nitrogen and oxygen atoms in total. The third-order valence-corrected chi connectivity index (χ3v) is 5.41. The van der Waals surface area contributed by atoms with Crippen LogP contribution in [-0.2, 0) is 4.79 Å². The van der Waals surface area contributed by atoms with Crippen LogP contribution in [0.3, 0.4) is 0 Å². The molecule has 2 N–H and O–H groups in total. The molecule has 1 saturated heterocycles. The predicted molar refractivity (Wildman–Crippen MR) is 120 cm³/mol. The molecule has 1 aliphatic rings. The fourth-order valence-electron chi connectivity index (χ4n) is 3.80. The molecule has 1 fully saturated rings. The van der Waals surface area contributed by atoms with E-state index in [2.05, 4.69) is 10.3 Å². The molecule has 7 heteroatoms. The first kappa shape index (κ1) is 20.8. The van der Waals surface area contributed by atoms with Crippen LogP contribution in [-0.4, -0.2) is 48.0 Å². The number of amides is 2. The van der Waals surface area contributed by atoms with E-state index in [1.807, 2.05) is 42.3 Å². The van der Waals surface area contributed by atoms with Crippen LogP contribution < -0.4 is 14.8 Å². The highest BCUT2D eigenvalue weighted by Crippen LogP contribution is 2.30. The maximum Gasteiger partial charge on any atom is 0.260 e. The summed E-state index contributed by atoms with van der Waals surface area (Å²) in [6.07, 6.45) is 5.08. The number of aromatic amines is 1. The van der Waals surface area contributed by atoms with Crippen molar-refractivity contribution in [3.05, 3.63) is 54.2 Å². The van der Waals surface area contributed by atoms with E-state index in [9.17, 15) is 9.59 Å². The first-order valence-electron chi connectivity index (χ1n) is 10.7. The molecule has 0 atom stereocenters. The minimum Gasteiger partial charge on any atom is -0.490 e. The van der Waals surface area contributed by atoms with E-state index in [0.717, 1.165) is 42.5 Å². The first-order chi connectivity index (χ1) is 15.2. The molecular formula is C24H27N3O4. The highest BCUT2D eigenvalue weighted by molar-refractivity contribution is 6.09. The van der Waals surface area contributed by atoms with Crippen LogP contribution in [0.25, 0.3) is 10.9 Å². The topological polar surface area (TPSA) is 83.7 Å². The van der Waals surface area contributed by atoms with Crippen LogP contribution >= 0.6 is 0 Å². The lowest BCUT2D eigenvalue weighted by Gasteiger charge is -2.26. The molecule has 0 radical (unpaired) electrons. The zero-order valence-electron chi connectivity index (χ0n) is 17.6. The van der Waals surface area contributed by atoms with Gasteiger partial charge in [-0.1, -0.05) is 6.07 Å². The maximum atomic E-state index is 12.8. The minimum absolute atomic E-state index is 0.0245. The number of carbonyl (C=O) groups excluding carboxylic acids is 2. The third kappa shape index (κ3) is 4.82. The SMILES string of the molecule is CCOc1cc(C(=O)Nc2cccc3[nH]ccc23)ccc1OCC(=O)N1CCCCC1. The molecule has 0 unspecified atom stereocenters. The van der Waals surface area contributed by atoms with Crippen LogP contribution in [0.2, 0.25) is 0 Å². The number of hydrogen-bond donors (Lipinski definition) is 2. The van der Waals surface area contributed by atoms with Gasteiger partial charge >= 0.3 is 0 Å². The Hall–Kier alpha value is -3.48. The summed E-state index contributed by atoms with van der Waals surface area (Å²) in [4.78, 5) is 30.2. The van der Waals surface area contributed by atoms with Gasteiger partial charge in [0.2, 0.25) is 0 Å². The van der Waals surface area contributed by atoms with Crippen LogP contribution in [0, 0.1) is 0 Å². The molecule has 3 aromatic rings. The molecule has 0 saturated carbocycles. The number of likely N-dealkylation sites (tertiary alicyclic amines) is 1. The fourth-order valence-corrected chi connectivity index (χ4v) is 3.80. The lowest BCUT2D eigenvalue weighted by atomic mass is 10.1. The Morgan fingerprint density at radius 1 is 1.03 bits per heavy atom. The first-order valence-corrected chi connectivity index (χ1v) is 10.7. The molecule has 162 valence electrons. The summed E-state index contributed by atoms with van der Waals surface area (Å²) in [5, 5.41) is 3.89. The van der Waals surface area contributed by atoms with Crippen molar-refractivity contribution < 1.29 is 19.1 Å². The molecule has 2 amide bonds. The molecule has 31 heavy (non-hydrogen) atoms. The number of H-pyrrole nitrogens is 1. The van der Waals surface area contributed by atoms with Crippen molar-refractivity contribution in [3.63, 3.8) is 0 Å². The number of nitrogens with one attached hydrogen (secondary N) is 2. The second-order valence-corrected chi connectivity index (χ2v) is 7.52. The fraction of sp³-hybridized carbons (Fsp3) is 0.333. The Bertz CT molecular complexity index is 1070. The van der Waals surface area contributed by atoms with Crippen molar-refractivity contribution in [2.75, 3.05) is 31.6 Å². The van der Waals surface area contributed by atoms with Crippen molar-refractivity contribution in [1.29, 1.82) is 0 Å². The van der Waals surface area contributed by atoms with Gasteiger partial charge in [-0.15, -0.1) is 0 Å². The summed E-state index contributed by atoms with van der Waals surface area (Å²) in [7, 11) is 0. The molecule has 2 heterocycles. The van der Waals surface area contributed by atoms with Crippen LogP contribution in [0.1, 0.15) is 36.5 Å². The standard InChI is InChI=1S/C24H27N3O4/c1-2-30-22-15-17(24(29)26-20-8-6-7-19-18(20)11-12-25-19)9-10-21(22)31-16-23(28)27-13-4-3-5-14-27/h6-12,15,25H,2-5,13-14,16H2,1H3,(H,26,29). The Labute approximate surface area is 181 Å². The van der Waals surface area contributed by atoms with Crippen molar-refractivity contribution in [2.24, 2.45) is 0 Å². The second-order valence-electron chi connectivity index (χ2n) is 7.52. The van der Waals surface area contributed by atoms with Crippen molar-refractivity contribution in [2.45, 2.75) is 26.2 Å². The second kappa shape index (κ2) is 9.55. The summed E-state index contributed by atoms with van der Waals surface area (Å²) in [6.45, 7) is 3.81. The number of hydrogen-bond acceptors (Lipinski definition) is 4. The Balaban J connectivity index is 1.46. The van der Waals surface area contributed by atoms with Crippen molar-refractivity contribution >= 4 is 28.4 Å². The average molecular weight is 421 g/mol. The molecule has 4 rings (SSSR count). The largest absolute Gasteiger partial charge is 0.490 e. The monoisotopic (exact) mass is 421 g/mol. The van der Waals surface area contributed by atoms with Crippen molar-refractivity contribution in [3.8, 4) is 11.5 Å². The van der Waals surface area contributed by atoms with Gasteiger partial charge in [0, 0.05) is 35.8 Å². The summed E-state index contributed by atoms with van der Waals surface area (Å²) in [6, 6.07) is 12.6. The summed E-state index contributed by atoms with van der Waals surface area (Å²) >= 11 is 0. The number of piperidine rings is 1. The van der Waals surface area contributed by atoms with E-state index >= 15 is 0 Å². The van der Waals surface area contributed by atoms with E-state index < -0.39 is 0 Å². The summed E-state index contributed by atoms with van der Waals surface area (Å²) in [5.74, 6) is 0.632. The van der Waals surface area contributed by atoms with Crippen molar-refractivity contribution in [1.82, 2.24) is 9.88 Å². The Morgan fingerprint density at radius 3 is 2.68 bits per heavy atom. The zero-order valence-corrected chi connectivity index (χ0v) is 17.6. The summed E-state index contributed by atoms with van der Waals surface area (Å²) < 4.78 is 11.4. The molecule has 1 aromatic heterocycles. The van der Waals surface area contributed by atoms with Gasteiger partial charge < -0.3 is 24.7 Å².